The summed E-state index contributed by atoms with van der Waals surface area (Å²) >= 11 is 3.72. The molecular formula is C113H153BrN14O9Si2. The lowest BCUT2D eigenvalue weighted by molar-refractivity contribution is -0.276. The van der Waals surface area contributed by atoms with Gasteiger partial charge in [-0.15, -0.1) is 30.4 Å². The number of Topliss-reactive ketones (excluding diaryl/α,β-unsaturated/α-hetero) is 3. The fourth-order valence-electron chi connectivity index (χ4n) is 30.7. The first-order chi connectivity index (χ1) is 64.7. The predicted octanol–water partition coefficient (Wildman–Crippen LogP) is 19.4. The molecule has 7 aromatic rings. The molecule has 23 nitrogen and oxygen atoms in total. The van der Waals surface area contributed by atoms with E-state index in [1.54, 1.807) is 9.36 Å². The summed E-state index contributed by atoms with van der Waals surface area (Å²) in [5.74, 6) is 18.4. The Kier molecular flexibility index (Phi) is 26.1. The number of rotatable bonds is 0. The number of ketones is 3. The number of fused-ring (bicyclic) bond motifs is 19. The quantitative estimate of drug-likeness (QED) is 0.0487. The fraction of sp³-hybridized carbons (Fsp3) is 0.673. The Hall–Kier alpha value is -8.94. The molecular weight excluding hydrogens is 1830 g/mol. The molecule has 12 aliphatic carbocycles. The molecule has 7 fully saturated rings. The predicted molar refractivity (Wildman–Crippen MR) is 551 cm³/mol. The second-order valence-electron chi connectivity index (χ2n) is 50.1. The molecule has 139 heavy (non-hydrogen) atoms. The Morgan fingerprint density at radius 1 is 0.432 bits per heavy atom. The van der Waals surface area contributed by atoms with Crippen LogP contribution in [0.4, 0.5) is 0 Å². The van der Waals surface area contributed by atoms with Gasteiger partial charge in [-0.3, -0.25) is 42.5 Å². The van der Waals surface area contributed by atoms with Crippen LogP contribution in [0.5, 0.6) is 0 Å². The van der Waals surface area contributed by atoms with Gasteiger partial charge in [0.1, 0.15) is 60.8 Å². The van der Waals surface area contributed by atoms with Crippen molar-refractivity contribution in [1.29, 1.82) is 0 Å². The molecule has 26 heteroatoms. The van der Waals surface area contributed by atoms with Gasteiger partial charge in [0.15, 0.2) is 17.4 Å². The average Bonchev–Trinajstić information content (AvgIpc) is 1.68. The summed E-state index contributed by atoms with van der Waals surface area (Å²) in [6, 6.07) is -0.571. The van der Waals surface area contributed by atoms with Gasteiger partial charge < -0.3 is 33.4 Å². The van der Waals surface area contributed by atoms with Gasteiger partial charge in [-0.05, 0) is 161 Å². The molecule has 0 bridgehead atoms. The van der Waals surface area contributed by atoms with E-state index in [9.17, 15) is 19.5 Å². The molecule has 1 unspecified atom stereocenters. The molecule has 2 aliphatic heterocycles. The maximum atomic E-state index is 12.6. The second-order valence-corrected chi connectivity index (χ2v) is 60.4. The fourth-order valence-corrected chi connectivity index (χ4v) is 32.1. The summed E-state index contributed by atoms with van der Waals surface area (Å²) in [6.07, 6.45) is 39.7. The summed E-state index contributed by atoms with van der Waals surface area (Å²) in [7, 11) is 8.97. The number of ether oxygens (including phenoxy) is 4. The normalized spacial score (nSPS) is 31.2. The van der Waals surface area contributed by atoms with E-state index < -0.39 is 38.8 Å². The van der Waals surface area contributed by atoms with Crippen molar-refractivity contribution < 1.29 is 43.0 Å². The Bertz CT molecular complexity index is 6460. The van der Waals surface area contributed by atoms with Crippen LogP contribution in [0.3, 0.4) is 0 Å². The minimum atomic E-state index is -1.42. The molecule has 5 saturated carbocycles. The zero-order valence-corrected chi connectivity index (χ0v) is 92.5. The van der Waals surface area contributed by atoms with Crippen LogP contribution in [0.25, 0.3) is 4.85 Å². The van der Waals surface area contributed by atoms with Gasteiger partial charge in [-0.25, -0.2) is 6.57 Å². The van der Waals surface area contributed by atoms with E-state index in [2.05, 4.69) is 210 Å². The third kappa shape index (κ3) is 16.1. The number of allylic oxidation sites excluding steroid dienone is 1. The largest absolute Gasteiger partial charge is 0.515 e. The van der Waals surface area contributed by atoms with Crippen LogP contribution in [0, 0.1) is 129 Å². The topological polar surface area (TPSA) is 246 Å². The van der Waals surface area contributed by atoms with Gasteiger partial charge in [-0.1, -0.05) is 199 Å². The molecule has 9 heterocycles. The summed E-state index contributed by atoms with van der Waals surface area (Å²) in [5, 5.41) is 42.6. The lowest BCUT2D eigenvalue weighted by Crippen LogP contribution is -2.61. The molecule has 0 radical (unpaired) electrons. The molecule has 2 spiro atoms. The highest BCUT2D eigenvalue weighted by Gasteiger charge is 2.68. The number of terminal acetylenes is 3. The van der Waals surface area contributed by atoms with E-state index in [4.69, 9.17) is 79.9 Å². The van der Waals surface area contributed by atoms with E-state index in [0.29, 0.717) is 54.3 Å². The Labute approximate surface area is 837 Å². The van der Waals surface area contributed by atoms with Crippen LogP contribution in [-0.4, -0.2) is 146 Å². The molecule has 2 saturated heterocycles. The number of hydrogen-bond donors (Lipinski definition) is 1. The Morgan fingerprint density at radius 3 is 1.17 bits per heavy atom. The highest BCUT2D eigenvalue weighted by molar-refractivity contribution is 9.10. The maximum Gasteiger partial charge on any atom is 0.282 e. The summed E-state index contributed by atoms with van der Waals surface area (Å²) < 4.78 is 42.9. The molecule has 21 rings (SSSR count). The molecule has 0 amide bonds. The lowest BCUT2D eigenvalue weighted by Gasteiger charge is -2.59. The van der Waals surface area contributed by atoms with Crippen molar-refractivity contribution in [2.75, 3.05) is 26.4 Å². The van der Waals surface area contributed by atoms with E-state index >= 15 is 0 Å². The third-order valence-corrected chi connectivity index (χ3v) is 40.3. The van der Waals surface area contributed by atoms with E-state index in [-0.39, 0.29) is 83.3 Å². The SMILES string of the molecule is C#Cc1c2c(nn1C)[C@@]1(C)C/C(=C/O)C(=O)C(C)(C)[C@@H]1CC2.C#Cc1c2c(nn1C)[C@@]1(C)Cc3cnoc3C(C)(C)[C@@H]1CC2.Cn1nc2c(c1Br)CC[C@H]1C(C)(C)C3(CC[C@]21C)OCCO3.Cn1nc2c(c1C#C[Si](C)(C)C)CC[C@H]1C(C)(C)C(=O)CC[C@]21C.Cn1nc2c(c1C#C[Si](C)(C)C)CC[C@H]1C(C)(C)C3(CC[C@]21C)OCCO3.[C-]#[N+]C1C[C@]2(C)c3nn(C)c(C#C)c3CC[C@H]2C(C)(C)C1=O. The number of aryl methyl sites for hydroxylation is 6. The number of aliphatic hydroxyl groups excluding tert-OH is 1. The van der Waals surface area contributed by atoms with Crippen molar-refractivity contribution >= 4 is 49.4 Å². The molecule has 744 valence electrons. The van der Waals surface area contributed by atoms with Gasteiger partial charge >= 0.3 is 0 Å². The summed E-state index contributed by atoms with van der Waals surface area (Å²) in [6.45, 7) is 64.0. The molecule has 0 aromatic carbocycles. The van der Waals surface area contributed by atoms with Crippen LogP contribution >= 0.6 is 15.9 Å². The number of halogens is 1. The molecule has 13 atom stereocenters. The monoisotopic (exact) mass is 1990 g/mol. The number of aliphatic hydroxyl groups is 1. The first-order valence-electron chi connectivity index (χ1n) is 51.0. The highest BCUT2D eigenvalue weighted by atomic mass is 79.9. The average molecular weight is 1990 g/mol. The van der Waals surface area contributed by atoms with Gasteiger partial charge in [-0.2, -0.15) is 30.6 Å². The number of aromatic nitrogens is 13. The van der Waals surface area contributed by atoms with Gasteiger partial charge in [0.25, 0.3) is 6.04 Å². The van der Waals surface area contributed by atoms with Crippen LogP contribution in [0.15, 0.2) is 27.2 Å². The summed E-state index contributed by atoms with van der Waals surface area (Å²) in [4.78, 5) is 41.3. The Morgan fingerprint density at radius 2 is 0.770 bits per heavy atom. The highest BCUT2D eigenvalue weighted by Crippen LogP contribution is 2.67. The van der Waals surface area contributed by atoms with Gasteiger partial charge in [0, 0.05) is 177 Å². The number of carbonyl (C=O) groups excluding carboxylic acids is 3. The van der Waals surface area contributed by atoms with E-state index in [0.717, 1.165) is 203 Å². The van der Waals surface area contributed by atoms with Crippen LogP contribution in [0.2, 0.25) is 39.3 Å². The van der Waals surface area contributed by atoms with E-state index in [1.807, 2.05) is 87.9 Å². The first kappa shape index (κ1) is 103. The first-order valence-corrected chi connectivity index (χ1v) is 58.8. The van der Waals surface area contributed by atoms with Crippen molar-refractivity contribution in [3.8, 4) is 60.0 Å². The van der Waals surface area contributed by atoms with Crippen molar-refractivity contribution in [3.63, 3.8) is 0 Å². The molecule has 1 N–H and O–H groups in total. The van der Waals surface area contributed by atoms with Crippen LogP contribution in [-0.2, 0) is 158 Å². The summed E-state index contributed by atoms with van der Waals surface area (Å²) in [5.41, 5.74) is 26.5. The van der Waals surface area contributed by atoms with Crippen molar-refractivity contribution in [1.82, 2.24) is 63.8 Å². The minimum Gasteiger partial charge on any atom is -0.515 e. The van der Waals surface area contributed by atoms with Crippen molar-refractivity contribution in [2.45, 2.75) is 354 Å². The second kappa shape index (κ2) is 35.2. The third-order valence-electron chi connectivity index (χ3n) is 37.6. The Balaban J connectivity index is 0.000000121. The van der Waals surface area contributed by atoms with E-state index in [1.165, 1.54) is 57.0 Å². The van der Waals surface area contributed by atoms with Gasteiger partial charge in [0.05, 0.1) is 73.1 Å². The minimum absolute atomic E-state index is 0.00180. The van der Waals surface area contributed by atoms with Crippen LogP contribution in [0.1, 0.15) is 322 Å². The van der Waals surface area contributed by atoms with Crippen molar-refractivity contribution in [2.24, 2.45) is 105 Å². The lowest BCUT2D eigenvalue weighted by atomic mass is 9.49. The zero-order chi connectivity index (χ0) is 102. The maximum absolute atomic E-state index is 12.6. The molecule has 7 aromatic heterocycles. The van der Waals surface area contributed by atoms with Gasteiger partial charge in [0.2, 0.25) is 5.78 Å². The standard InChI is InChI=1S/C22H34N2O2Si.C20H30N2OSi.2C18H21N3O.C18H22N2O2.C17H25BrN2O2/c1-20(2)18-9-8-16-17(10-15-27(5,6)7)24(4)23-19(16)21(18,3)11-12-22(20)25-13-14-26-22;1-19(2)16-9-8-14-15(11-13-24(5,6)7)22(4)21-18(14)20(16,3)12-10-17(19)23;1-6-13-12-7-8-14-17(2,3)16-11(10-19-22-16)9-18(14,4)15(12)20-21(13)5;1-7-13-11-8-9-14-17(2,3)16(22)12(19-5)10-18(14,4)15(11)20-21(13)6;1-6-13-12-7-8-14-17(2,3)16(22)11(10-21)9-18(14,4)15(12)19-20(13)5;1-15(2)12-6-5-11-13(19-20(4)14(11)18)16(12,3)7-8-17(15)21-9-10-22-17/h18H,8-9,11-14H2,1-7H3;16H,8-10,12H2,1-7H3;1,10,14H,7-9H2,2-5H3;1,12,14H,8-10H2,2-4,6H3;1,10,14,21H,7-9H2,2-5H3;12H,5-10H2,1-4H3/b;;;;11-10-;/t18-,21-;16-,20-;14-,18-;12?,14-,18-;14-,18-;12-,16-/m000000/s1. The van der Waals surface area contributed by atoms with Crippen LogP contribution < -0.4 is 0 Å². The zero-order valence-electron chi connectivity index (χ0n) is 89.0. The number of carbonyl (C=O) groups is 3. The number of nitrogens with zero attached hydrogens (tertiary/aromatic N) is 14. The van der Waals surface area contributed by atoms with Crippen molar-refractivity contribution in [3.05, 3.63) is 141 Å². The number of hydrogen-bond acceptors (Lipinski definition) is 16. The molecule has 14 aliphatic rings. The smallest absolute Gasteiger partial charge is 0.282 e.